The SMILES string of the molecule is CC(C)c1nc(Br)cc(NCC(C)C(C)C)n1. The van der Waals surface area contributed by atoms with Crippen molar-refractivity contribution in [1.82, 2.24) is 9.97 Å². The molecule has 1 N–H and O–H groups in total. The van der Waals surface area contributed by atoms with E-state index in [2.05, 4.69) is 65.8 Å². The molecule has 0 fully saturated rings. The van der Waals surface area contributed by atoms with Gasteiger partial charge in [-0.05, 0) is 27.8 Å². The summed E-state index contributed by atoms with van der Waals surface area (Å²) in [5.74, 6) is 3.43. The largest absolute Gasteiger partial charge is 0.370 e. The van der Waals surface area contributed by atoms with Gasteiger partial charge in [0, 0.05) is 18.5 Å². The Bertz CT molecular complexity index is 364. The monoisotopic (exact) mass is 299 g/mol. The van der Waals surface area contributed by atoms with Gasteiger partial charge >= 0.3 is 0 Å². The van der Waals surface area contributed by atoms with E-state index in [4.69, 9.17) is 0 Å². The first-order valence-corrected chi connectivity index (χ1v) is 6.97. The van der Waals surface area contributed by atoms with Crippen LogP contribution in [0, 0.1) is 11.8 Å². The van der Waals surface area contributed by atoms with Gasteiger partial charge < -0.3 is 5.32 Å². The molecule has 1 atom stereocenters. The Labute approximate surface area is 113 Å². The second-order valence-corrected chi connectivity index (χ2v) is 6.00. The van der Waals surface area contributed by atoms with Crippen LogP contribution in [-0.4, -0.2) is 16.5 Å². The van der Waals surface area contributed by atoms with Gasteiger partial charge in [0.1, 0.15) is 16.2 Å². The molecule has 0 aromatic carbocycles. The van der Waals surface area contributed by atoms with Crippen molar-refractivity contribution in [2.75, 3.05) is 11.9 Å². The molecule has 17 heavy (non-hydrogen) atoms. The molecular formula is C13H22BrN3. The first kappa shape index (κ1) is 14.4. The van der Waals surface area contributed by atoms with Crippen LogP contribution in [0.25, 0.3) is 0 Å². The highest BCUT2D eigenvalue weighted by Crippen LogP contribution is 2.18. The fourth-order valence-electron chi connectivity index (χ4n) is 1.29. The van der Waals surface area contributed by atoms with E-state index >= 15 is 0 Å². The average molecular weight is 300 g/mol. The zero-order valence-electron chi connectivity index (χ0n) is 11.3. The van der Waals surface area contributed by atoms with E-state index in [9.17, 15) is 0 Å². The lowest BCUT2D eigenvalue weighted by Gasteiger charge is -2.17. The Morgan fingerprint density at radius 2 is 1.82 bits per heavy atom. The Hall–Kier alpha value is -0.640. The van der Waals surface area contributed by atoms with Crippen molar-refractivity contribution in [1.29, 1.82) is 0 Å². The van der Waals surface area contributed by atoms with Crippen molar-refractivity contribution >= 4 is 21.7 Å². The predicted molar refractivity (Wildman–Crippen MR) is 76.3 cm³/mol. The molecule has 0 spiro atoms. The minimum Gasteiger partial charge on any atom is -0.370 e. The minimum atomic E-state index is 0.343. The van der Waals surface area contributed by atoms with Crippen molar-refractivity contribution < 1.29 is 0 Å². The van der Waals surface area contributed by atoms with Crippen molar-refractivity contribution in [2.24, 2.45) is 11.8 Å². The number of hydrogen-bond donors (Lipinski definition) is 1. The number of aromatic nitrogens is 2. The smallest absolute Gasteiger partial charge is 0.134 e. The van der Waals surface area contributed by atoms with Gasteiger partial charge in [-0.3, -0.25) is 0 Å². The van der Waals surface area contributed by atoms with Gasteiger partial charge in [0.05, 0.1) is 0 Å². The predicted octanol–water partition coefficient (Wildman–Crippen LogP) is 4.07. The zero-order chi connectivity index (χ0) is 13.0. The van der Waals surface area contributed by atoms with Gasteiger partial charge in [-0.25, -0.2) is 9.97 Å². The second kappa shape index (κ2) is 6.34. The first-order valence-electron chi connectivity index (χ1n) is 6.18. The van der Waals surface area contributed by atoms with Crippen molar-refractivity contribution in [3.05, 3.63) is 16.5 Å². The Kier molecular flexibility index (Phi) is 5.37. The number of rotatable bonds is 5. The summed E-state index contributed by atoms with van der Waals surface area (Å²) in [4.78, 5) is 8.87. The molecule has 0 amide bonds. The molecular weight excluding hydrogens is 278 g/mol. The summed E-state index contributed by atoms with van der Waals surface area (Å²) in [5.41, 5.74) is 0. The summed E-state index contributed by atoms with van der Waals surface area (Å²) in [7, 11) is 0. The first-order chi connectivity index (χ1) is 7.90. The zero-order valence-corrected chi connectivity index (χ0v) is 12.9. The lowest BCUT2D eigenvalue weighted by Crippen LogP contribution is -2.17. The highest BCUT2D eigenvalue weighted by Gasteiger charge is 2.09. The highest BCUT2D eigenvalue weighted by atomic mass is 79.9. The fourth-order valence-corrected chi connectivity index (χ4v) is 1.68. The normalized spacial score (nSPS) is 13.2. The lowest BCUT2D eigenvalue weighted by molar-refractivity contribution is 0.439. The summed E-state index contributed by atoms with van der Waals surface area (Å²) in [6, 6.07) is 1.93. The van der Waals surface area contributed by atoms with Crippen LogP contribution in [0.15, 0.2) is 10.7 Å². The van der Waals surface area contributed by atoms with Crippen LogP contribution in [0.1, 0.15) is 46.4 Å². The van der Waals surface area contributed by atoms with Crippen LogP contribution in [-0.2, 0) is 0 Å². The minimum absolute atomic E-state index is 0.343. The summed E-state index contributed by atoms with van der Waals surface area (Å²) >= 11 is 3.43. The van der Waals surface area contributed by atoms with E-state index in [0.29, 0.717) is 17.8 Å². The Balaban J connectivity index is 2.71. The van der Waals surface area contributed by atoms with E-state index in [1.807, 2.05) is 6.07 Å². The topological polar surface area (TPSA) is 37.8 Å². The number of anilines is 1. The molecule has 4 heteroatoms. The third-order valence-electron chi connectivity index (χ3n) is 2.97. The maximum absolute atomic E-state index is 4.51. The third kappa shape index (κ3) is 4.62. The molecule has 96 valence electrons. The van der Waals surface area contributed by atoms with Crippen LogP contribution in [0.2, 0.25) is 0 Å². The molecule has 1 aromatic heterocycles. The van der Waals surface area contributed by atoms with Crippen molar-refractivity contribution in [2.45, 2.75) is 40.5 Å². The van der Waals surface area contributed by atoms with Gasteiger partial charge in [-0.1, -0.05) is 34.6 Å². The van der Waals surface area contributed by atoms with Crippen molar-refractivity contribution in [3.63, 3.8) is 0 Å². The van der Waals surface area contributed by atoms with E-state index in [1.54, 1.807) is 0 Å². The summed E-state index contributed by atoms with van der Waals surface area (Å²) < 4.78 is 0.843. The van der Waals surface area contributed by atoms with E-state index in [0.717, 1.165) is 22.8 Å². The number of nitrogens with zero attached hydrogens (tertiary/aromatic N) is 2. The molecule has 1 heterocycles. The van der Waals surface area contributed by atoms with Gasteiger partial charge in [0.15, 0.2) is 0 Å². The van der Waals surface area contributed by atoms with Gasteiger partial charge in [0.25, 0.3) is 0 Å². The Morgan fingerprint density at radius 3 is 2.35 bits per heavy atom. The average Bonchev–Trinajstić information content (AvgIpc) is 2.24. The quantitative estimate of drug-likeness (QED) is 0.833. The van der Waals surface area contributed by atoms with Gasteiger partial charge in [-0.2, -0.15) is 0 Å². The summed E-state index contributed by atoms with van der Waals surface area (Å²) in [6.45, 7) is 11.9. The van der Waals surface area contributed by atoms with Crippen LogP contribution in [0.4, 0.5) is 5.82 Å². The number of nitrogens with one attached hydrogen (secondary N) is 1. The lowest BCUT2D eigenvalue weighted by atomic mass is 9.98. The molecule has 1 rings (SSSR count). The van der Waals surface area contributed by atoms with Crippen molar-refractivity contribution in [3.8, 4) is 0 Å². The van der Waals surface area contributed by atoms with Crippen LogP contribution < -0.4 is 5.32 Å². The molecule has 0 aliphatic carbocycles. The molecule has 1 aromatic rings. The molecule has 0 bridgehead atoms. The number of hydrogen-bond acceptors (Lipinski definition) is 3. The molecule has 3 nitrogen and oxygen atoms in total. The summed E-state index contributed by atoms with van der Waals surface area (Å²) in [6.07, 6.45) is 0. The molecule has 0 aliphatic rings. The molecule has 0 saturated heterocycles. The summed E-state index contributed by atoms with van der Waals surface area (Å²) in [5, 5.41) is 3.38. The van der Waals surface area contributed by atoms with Gasteiger partial charge in [0.2, 0.25) is 0 Å². The standard InChI is InChI=1S/C13H22BrN3/c1-8(2)10(5)7-15-12-6-11(14)16-13(17-12)9(3)4/h6,8-10H,7H2,1-5H3,(H,15,16,17). The van der Waals surface area contributed by atoms with E-state index in [-0.39, 0.29) is 0 Å². The Morgan fingerprint density at radius 1 is 1.18 bits per heavy atom. The molecule has 0 radical (unpaired) electrons. The van der Waals surface area contributed by atoms with E-state index < -0.39 is 0 Å². The second-order valence-electron chi connectivity index (χ2n) is 5.19. The fraction of sp³-hybridized carbons (Fsp3) is 0.692. The molecule has 0 saturated carbocycles. The van der Waals surface area contributed by atoms with Crippen LogP contribution in [0.3, 0.4) is 0 Å². The maximum atomic E-state index is 4.51. The maximum Gasteiger partial charge on any atom is 0.134 e. The number of halogens is 1. The van der Waals surface area contributed by atoms with Gasteiger partial charge in [-0.15, -0.1) is 0 Å². The molecule has 0 aliphatic heterocycles. The highest BCUT2D eigenvalue weighted by molar-refractivity contribution is 9.10. The molecule has 1 unspecified atom stereocenters. The van der Waals surface area contributed by atoms with Crippen LogP contribution >= 0.6 is 15.9 Å². The van der Waals surface area contributed by atoms with Crippen LogP contribution in [0.5, 0.6) is 0 Å². The third-order valence-corrected chi connectivity index (χ3v) is 3.38. The van der Waals surface area contributed by atoms with E-state index in [1.165, 1.54) is 0 Å².